The van der Waals surface area contributed by atoms with E-state index >= 15 is 0 Å². The van der Waals surface area contributed by atoms with Crippen molar-refractivity contribution in [2.45, 2.75) is 12.3 Å². The summed E-state index contributed by atoms with van der Waals surface area (Å²) in [6, 6.07) is 1.64. The molecule has 3 N–H and O–H groups in total. The lowest BCUT2D eigenvalue weighted by Gasteiger charge is -2.08. The zero-order valence-corrected chi connectivity index (χ0v) is 9.62. The molecule has 6 heteroatoms. The third-order valence-corrected chi connectivity index (χ3v) is 3.24. The number of carbonyl (C=O) groups is 2. The van der Waals surface area contributed by atoms with Crippen LogP contribution in [0.5, 0.6) is 0 Å². The normalized spacial score (nSPS) is 12.1. The molecule has 16 heavy (non-hydrogen) atoms. The number of ether oxygens (including phenoxy) is 1. The number of carbonyl (C=O) groups excluding carboxylic acids is 1. The van der Waals surface area contributed by atoms with E-state index in [2.05, 4.69) is 4.74 Å². The van der Waals surface area contributed by atoms with Gasteiger partial charge in [-0.05, 0) is 6.07 Å². The lowest BCUT2D eigenvalue weighted by molar-refractivity contribution is -0.137. The Morgan fingerprint density at radius 3 is 2.81 bits per heavy atom. The lowest BCUT2D eigenvalue weighted by atomic mass is 10.0. The zero-order valence-electron chi connectivity index (χ0n) is 8.80. The lowest BCUT2D eigenvalue weighted by Crippen LogP contribution is -2.15. The van der Waals surface area contributed by atoms with Gasteiger partial charge in [0.1, 0.15) is 0 Å². The second-order valence-electron chi connectivity index (χ2n) is 3.26. The van der Waals surface area contributed by atoms with Crippen LogP contribution < -0.4 is 5.73 Å². The molecule has 0 aliphatic heterocycles. The standard InChI is InChI=1S/C10H13NO4S/c1-15-10(14)7-2-8(16-5-7)6(4-11)3-9(12)13/h2,5-6H,3-4,11H2,1H3,(H,12,13). The summed E-state index contributed by atoms with van der Waals surface area (Å²) in [6.45, 7) is 0.243. The Labute approximate surface area is 96.8 Å². The largest absolute Gasteiger partial charge is 0.481 e. The molecule has 1 atom stereocenters. The fraction of sp³-hybridized carbons (Fsp3) is 0.400. The summed E-state index contributed by atoms with van der Waals surface area (Å²) >= 11 is 1.32. The molecule has 0 aliphatic carbocycles. The predicted molar refractivity (Wildman–Crippen MR) is 59.7 cm³/mol. The Morgan fingerprint density at radius 2 is 2.31 bits per heavy atom. The van der Waals surface area contributed by atoms with Crippen molar-refractivity contribution >= 4 is 23.3 Å². The van der Waals surface area contributed by atoms with E-state index in [0.29, 0.717) is 5.56 Å². The molecule has 0 radical (unpaired) electrons. The maximum Gasteiger partial charge on any atom is 0.338 e. The highest BCUT2D eigenvalue weighted by atomic mass is 32.1. The summed E-state index contributed by atoms with van der Waals surface area (Å²) in [5.41, 5.74) is 5.93. The molecular formula is C10H13NO4S. The number of thiophene rings is 1. The van der Waals surface area contributed by atoms with Gasteiger partial charge in [-0.2, -0.15) is 0 Å². The number of esters is 1. The van der Waals surface area contributed by atoms with Crippen LogP contribution in [-0.2, 0) is 9.53 Å². The van der Waals surface area contributed by atoms with Gasteiger partial charge in [-0.3, -0.25) is 4.79 Å². The van der Waals surface area contributed by atoms with Crippen molar-refractivity contribution in [3.63, 3.8) is 0 Å². The second kappa shape index (κ2) is 5.62. The topological polar surface area (TPSA) is 89.6 Å². The predicted octanol–water partition coefficient (Wildman–Crippen LogP) is 1.05. The van der Waals surface area contributed by atoms with Crippen LogP contribution in [0.1, 0.15) is 27.6 Å². The van der Waals surface area contributed by atoms with Crippen molar-refractivity contribution in [2.24, 2.45) is 5.73 Å². The van der Waals surface area contributed by atoms with Crippen LogP contribution in [0.15, 0.2) is 11.4 Å². The Hall–Kier alpha value is -1.40. The van der Waals surface area contributed by atoms with Crippen molar-refractivity contribution in [2.75, 3.05) is 13.7 Å². The maximum atomic E-state index is 11.2. The van der Waals surface area contributed by atoms with Gasteiger partial charge in [-0.15, -0.1) is 11.3 Å². The second-order valence-corrected chi connectivity index (χ2v) is 4.20. The monoisotopic (exact) mass is 243 g/mol. The van der Waals surface area contributed by atoms with Gasteiger partial charge in [-0.25, -0.2) is 4.79 Å². The summed E-state index contributed by atoms with van der Waals surface area (Å²) in [7, 11) is 1.30. The summed E-state index contributed by atoms with van der Waals surface area (Å²) in [5.74, 6) is -1.57. The molecule has 0 spiro atoms. The first-order chi connectivity index (χ1) is 7.58. The van der Waals surface area contributed by atoms with E-state index in [1.807, 2.05) is 0 Å². The van der Waals surface area contributed by atoms with Crippen LogP contribution in [0.3, 0.4) is 0 Å². The smallest absolute Gasteiger partial charge is 0.338 e. The number of rotatable bonds is 5. The number of hydrogen-bond donors (Lipinski definition) is 2. The van der Waals surface area contributed by atoms with Crippen LogP contribution in [0.2, 0.25) is 0 Å². The number of carboxylic acid groups (broad SMARTS) is 1. The number of aliphatic carboxylic acids is 1. The molecule has 0 saturated carbocycles. The fourth-order valence-electron chi connectivity index (χ4n) is 1.30. The van der Waals surface area contributed by atoms with Gasteiger partial charge in [-0.1, -0.05) is 0 Å². The van der Waals surface area contributed by atoms with Gasteiger partial charge >= 0.3 is 11.9 Å². The fourth-order valence-corrected chi connectivity index (χ4v) is 2.30. The molecule has 1 unspecified atom stereocenters. The number of carboxylic acids is 1. The average Bonchev–Trinajstić information content (AvgIpc) is 2.73. The highest BCUT2D eigenvalue weighted by Crippen LogP contribution is 2.26. The molecule has 1 aromatic rings. The first kappa shape index (κ1) is 12.7. The van der Waals surface area contributed by atoms with Crippen molar-refractivity contribution in [1.82, 2.24) is 0 Å². The van der Waals surface area contributed by atoms with E-state index in [1.54, 1.807) is 11.4 Å². The van der Waals surface area contributed by atoms with Gasteiger partial charge in [0.25, 0.3) is 0 Å². The summed E-state index contributed by atoms with van der Waals surface area (Å²) in [6.07, 6.45) is -0.0301. The van der Waals surface area contributed by atoms with E-state index in [0.717, 1.165) is 4.88 Å². The third-order valence-electron chi connectivity index (χ3n) is 2.15. The van der Waals surface area contributed by atoms with Crippen LogP contribution in [0.4, 0.5) is 0 Å². The van der Waals surface area contributed by atoms with E-state index in [9.17, 15) is 9.59 Å². The SMILES string of the molecule is COC(=O)c1csc(C(CN)CC(=O)O)c1. The Balaban J connectivity index is 2.82. The van der Waals surface area contributed by atoms with E-state index in [-0.39, 0.29) is 18.9 Å². The van der Waals surface area contributed by atoms with Gasteiger partial charge < -0.3 is 15.6 Å². The minimum Gasteiger partial charge on any atom is -0.481 e. The quantitative estimate of drug-likeness (QED) is 0.754. The van der Waals surface area contributed by atoms with Gasteiger partial charge in [0.15, 0.2) is 0 Å². The molecule has 0 aliphatic rings. The van der Waals surface area contributed by atoms with Crippen molar-refractivity contribution < 1.29 is 19.4 Å². The molecule has 1 aromatic heterocycles. The molecule has 1 rings (SSSR count). The Bertz CT molecular complexity index is 388. The van der Waals surface area contributed by atoms with E-state index in [1.165, 1.54) is 18.4 Å². The first-order valence-corrected chi connectivity index (χ1v) is 5.55. The summed E-state index contributed by atoms with van der Waals surface area (Å²) in [5, 5.41) is 10.3. The van der Waals surface area contributed by atoms with Crippen LogP contribution >= 0.6 is 11.3 Å². The highest BCUT2D eigenvalue weighted by molar-refractivity contribution is 7.10. The average molecular weight is 243 g/mol. The number of methoxy groups -OCH3 is 1. The zero-order chi connectivity index (χ0) is 12.1. The molecule has 5 nitrogen and oxygen atoms in total. The van der Waals surface area contributed by atoms with Gasteiger partial charge in [0.2, 0.25) is 0 Å². The Kier molecular flexibility index (Phi) is 4.45. The van der Waals surface area contributed by atoms with Crippen molar-refractivity contribution in [1.29, 1.82) is 0 Å². The highest BCUT2D eigenvalue weighted by Gasteiger charge is 2.18. The van der Waals surface area contributed by atoms with Crippen LogP contribution in [-0.4, -0.2) is 30.7 Å². The number of hydrogen-bond acceptors (Lipinski definition) is 5. The minimum absolute atomic E-state index is 0.0301. The van der Waals surface area contributed by atoms with Crippen LogP contribution in [0, 0.1) is 0 Å². The number of nitrogens with two attached hydrogens (primary N) is 1. The Morgan fingerprint density at radius 1 is 1.62 bits per heavy atom. The molecule has 0 fully saturated rings. The molecule has 0 amide bonds. The summed E-state index contributed by atoms with van der Waals surface area (Å²) < 4.78 is 4.56. The first-order valence-electron chi connectivity index (χ1n) is 4.67. The molecule has 0 saturated heterocycles. The molecule has 0 aromatic carbocycles. The van der Waals surface area contributed by atoms with Gasteiger partial charge in [0, 0.05) is 22.7 Å². The molecule has 0 bridgehead atoms. The van der Waals surface area contributed by atoms with E-state index < -0.39 is 11.9 Å². The van der Waals surface area contributed by atoms with Crippen LogP contribution in [0.25, 0.3) is 0 Å². The third kappa shape index (κ3) is 3.04. The molecule has 88 valence electrons. The van der Waals surface area contributed by atoms with Gasteiger partial charge in [0.05, 0.1) is 19.1 Å². The van der Waals surface area contributed by atoms with Crippen molar-refractivity contribution in [3.8, 4) is 0 Å². The summed E-state index contributed by atoms with van der Waals surface area (Å²) in [4.78, 5) is 22.6. The molecular weight excluding hydrogens is 230 g/mol. The maximum absolute atomic E-state index is 11.2. The molecule has 1 heterocycles. The minimum atomic E-state index is -0.900. The van der Waals surface area contributed by atoms with Crippen molar-refractivity contribution in [3.05, 3.63) is 21.9 Å². The van der Waals surface area contributed by atoms with E-state index in [4.69, 9.17) is 10.8 Å².